The van der Waals surface area contributed by atoms with E-state index in [2.05, 4.69) is 84.6 Å². The molecule has 2 heterocycles. The van der Waals surface area contributed by atoms with Crippen LogP contribution >= 0.6 is 0 Å². The number of H-pyrrole nitrogens is 2. The summed E-state index contributed by atoms with van der Waals surface area (Å²) in [6.45, 7) is 4.49. The molecule has 0 spiro atoms. The van der Waals surface area contributed by atoms with Gasteiger partial charge in [0.15, 0.2) is 0 Å². The van der Waals surface area contributed by atoms with Crippen LogP contribution in [-0.4, -0.2) is 9.97 Å². The Balaban J connectivity index is 1.74. The number of aromatic amines is 2. The zero-order valence-electron chi connectivity index (χ0n) is 15.8. The van der Waals surface area contributed by atoms with E-state index in [1.807, 2.05) is 0 Å². The van der Waals surface area contributed by atoms with Crippen LogP contribution in [-0.2, 0) is 0 Å². The number of benzene rings is 4. The molecule has 0 amide bonds. The van der Waals surface area contributed by atoms with Gasteiger partial charge in [0.05, 0.1) is 0 Å². The number of nitrogens with one attached hydrogen (secondary N) is 2. The van der Waals surface area contributed by atoms with Gasteiger partial charge in [0.2, 0.25) is 0 Å². The molecule has 2 heteroatoms. The lowest BCUT2D eigenvalue weighted by molar-refractivity contribution is 1.45. The normalized spacial score (nSPS) is 12.6. The second kappa shape index (κ2) is 4.66. The molecule has 0 bridgehead atoms. The van der Waals surface area contributed by atoms with Crippen molar-refractivity contribution in [2.45, 2.75) is 13.8 Å². The molecule has 28 heavy (non-hydrogen) atoms. The molecule has 0 saturated carbocycles. The van der Waals surface area contributed by atoms with Gasteiger partial charge in [-0.1, -0.05) is 36.4 Å². The van der Waals surface area contributed by atoms with E-state index >= 15 is 0 Å². The molecule has 1 aliphatic carbocycles. The molecular formula is C26H18N2. The summed E-state index contributed by atoms with van der Waals surface area (Å²) < 4.78 is 0. The van der Waals surface area contributed by atoms with Crippen molar-refractivity contribution in [2.75, 3.05) is 0 Å². The minimum Gasteiger partial charge on any atom is -0.361 e. The molecule has 0 aliphatic heterocycles. The van der Waals surface area contributed by atoms with Crippen LogP contribution in [0.3, 0.4) is 0 Å². The Morgan fingerprint density at radius 2 is 1.46 bits per heavy atom. The standard InChI is InChI=1S/C26H18N2/c1-13-10-21-26(16-7-4-3-6-15(13)16)24-14(2)23-18(11-22(24)28-21)17-8-5-9-20-25(17)19(23)12-27-20/h3-12,27-28H,1-2H3. The van der Waals surface area contributed by atoms with Crippen LogP contribution in [0.15, 0.2) is 60.8 Å². The van der Waals surface area contributed by atoms with Crippen molar-refractivity contribution in [1.29, 1.82) is 0 Å². The fourth-order valence-electron chi connectivity index (χ4n) is 5.47. The van der Waals surface area contributed by atoms with Crippen LogP contribution in [0.25, 0.3) is 65.7 Å². The highest BCUT2D eigenvalue weighted by Crippen LogP contribution is 2.51. The van der Waals surface area contributed by atoms with Crippen molar-refractivity contribution in [3.63, 3.8) is 0 Å². The summed E-state index contributed by atoms with van der Waals surface area (Å²) in [5.41, 5.74) is 11.8. The Morgan fingerprint density at radius 3 is 2.36 bits per heavy atom. The highest BCUT2D eigenvalue weighted by Gasteiger charge is 2.26. The summed E-state index contributed by atoms with van der Waals surface area (Å²) in [5.74, 6) is 0. The molecule has 132 valence electrons. The molecule has 0 fully saturated rings. The summed E-state index contributed by atoms with van der Waals surface area (Å²) in [7, 11) is 0. The van der Waals surface area contributed by atoms with Gasteiger partial charge < -0.3 is 9.97 Å². The third-order valence-corrected chi connectivity index (χ3v) is 6.61. The molecule has 2 aromatic heterocycles. The van der Waals surface area contributed by atoms with Crippen LogP contribution in [0.5, 0.6) is 0 Å². The Labute approximate surface area is 161 Å². The molecular weight excluding hydrogens is 340 g/mol. The largest absolute Gasteiger partial charge is 0.361 e. The van der Waals surface area contributed by atoms with Gasteiger partial charge in [-0.3, -0.25) is 0 Å². The summed E-state index contributed by atoms with van der Waals surface area (Å²) in [6, 6.07) is 20.0. The quantitative estimate of drug-likeness (QED) is 0.287. The summed E-state index contributed by atoms with van der Waals surface area (Å²) in [5, 5.41) is 6.73. The highest BCUT2D eigenvalue weighted by atomic mass is 14.7. The molecule has 2 nitrogen and oxygen atoms in total. The third-order valence-electron chi connectivity index (χ3n) is 6.61. The van der Waals surface area contributed by atoms with Crippen molar-refractivity contribution in [3.05, 3.63) is 71.9 Å². The topological polar surface area (TPSA) is 31.6 Å². The molecule has 7 rings (SSSR count). The minimum absolute atomic E-state index is 1.22. The van der Waals surface area contributed by atoms with Crippen LogP contribution < -0.4 is 0 Å². The van der Waals surface area contributed by atoms with E-state index in [0.717, 1.165) is 0 Å². The molecule has 2 N–H and O–H groups in total. The maximum atomic E-state index is 3.72. The predicted octanol–water partition coefficient (Wildman–Crippen LogP) is 7.22. The lowest BCUT2D eigenvalue weighted by atomic mass is 9.93. The predicted molar refractivity (Wildman–Crippen MR) is 119 cm³/mol. The molecule has 0 radical (unpaired) electrons. The molecule has 6 aromatic rings. The summed E-state index contributed by atoms with van der Waals surface area (Å²) in [4.78, 5) is 7.18. The van der Waals surface area contributed by atoms with Gasteiger partial charge in [0, 0.05) is 44.5 Å². The van der Waals surface area contributed by atoms with Gasteiger partial charge in [-0.05, 0) is 70.6 Å². The number of hydrogen-bond acceptors (Lipinski definition) is 0. The van der Waals surface area contributed by atoms with Gasteiger partial charge in [0.1, 0.15) is 0 Å². The third kappa shape index (κ3) is 1.52. The second-order valence-electron chi connectivity index (χ2n) is 8.06. The number of aromatic nitrogens is 2. The summed E-state index contributed by atoms with van der Waals surface area (Å²) in [6.07, 6.45) is 2.18. The van der Waals surface area contributed by atoms with E-state index < -0.39 is 0 Å². The Bertz CT molecular complexity index is 1630. The average molecular weight is 358 g/mol. The van der Waals surface area contributed by atoms with E-state index in [9.17, 15) is 0 Å². The Morgan fingerprint density at radius 1 is 0.643 bits per heavy atom. The number of hydrogen-bond donors (Lipinski definition) is 2. The van der Waals surface area contributed by atoms with Crippen LogP contribution in [0, 0.1) is 13.8 Å². The van der Waals surface area contributed by atoms with Crippen molar-refractivity contribution in [2.24, 2.45) is 0 Å². The smallest absolute Gasteiger partial charge is 0.0474 e. The fourth-order valence-corrected chi connectivity index (χ4v) is 5.47. The fraction of sp³-hybridized carbons (Fsp3) is 0.0769. The molecule has 4 aromatic carbocycles. The van der Waals surface area contributed by atoms with E-state index in [4.69, 9.17) is 0 Å². The average Bonchev–Trinajstić information content (AvgIpc) is 3.38. The van der Waals surface area contributed by atoms with Crippen molar-refractivity contribution in [1.82, 2.24) is 9.97 Å². The van der Waals surface area contributed by atoms with E-state index in [1.54, 1.807) is 0 Å². The first kappa shape index (κ1) is 14.5. The first-order valence-corrected chi connectivity index (χ1v) is 9.80. The van der Waals surface area contributed by atoms with Gasteiger partial charge >= 0.3 is 0 Å². The van der Waals surface area contributed by atoms with Gasteiger partial charge in [-0.25, -0.2) is 0 Å². The number of aryl methyl sites for hydroxylation is 2. The van der Waals surface area contributed by atoms with Crippen molar-refractivity contribution >= 4 is 43.5 Å². The molecule has 0 atom stereocenters. The lowest BCUT2D eigenvalue weighted by Crippen LogP contribution is -1.86. The molecule has 0 saturated heterocycles. The first-order chi connectivity index (χ1) is 13.7. The van der Waals surface area contributed by atoms with Gasteiger partial charge in [-0.2, -0.15) is 0 Å². The van der Waals surface area contributed by atoms with E-state index in [1.165, 1.54) is 76.9 Å². The van der Waals surface area contributed by atoms with Crippen LogP contribution in [0.4, 0.5) is 0 Å². The van der Waals surface area contributed by atoms with Crippen molar-refractivity contribution < 1.29 is 0 Å². The molecule has 1 aliphatic rings. The summed E-state index contributed by atoms with van der Waals surface area (Å²) >= 11 is 0. The monoisotopic (exact) mass is 358 g/mol. The number of rotatable bonds is 0. The number of fused-ring (bicyclic) bond motifs is 8. The zero-order chi connectivity index (χ0) is 18.6. The van der Waals surface area contributed by atoms with Gasteiger partial charge in [-0.15, -0.1) is 0 Å². The van der Waals surface area contributed by atoms with E-state index in [-0.39, 0.29) is 0 Å². The van der Waals surface area contributed by atoms with Crippen LogP contribution in [0.1, 0.15) is 11.1 Å². The Kier molecular flexibility index (Phi) is 2.42. The SMILES string of the molecule is Cc1cc2[nH]c3cc4c(c(C)c3c2c2ccccc12)-c1c[nH]c2cccc-4c12. The zero-order valence-corrected chi connectivity index (χ0v) is 15.8. The maximum absolute atomic E-state index is 3.72. The highest BCUT2D eigenvalue weighted by molar-refractivity contribution is 6.26. The lowest BCUT2D eigenvalue weighted by Gasteiger charge is -2.10. The van der Waals surface area contributed by atoms with Gasteiger partial charge in [0.25, 0.3) is 0 Å². The maximum Gasteiger partial charge on any atom is 0.0474 e. The van der Waals surface area contributed by atoms with Crippen molar-refractivity contribution in [3.8, 4) is 22.3 Å². The first-order valence-electron chi connectivity index (χ1n) is 9.80. The van der Waals surface area contributed by atoms with E-state index in [0.29, 0.717) is 0 Å². The molecule has 0 unspecified atom stereocenters. The Hall–Kier alpha value is -3.52. The second-order valence-corrected chi connectivity index (χ2v) is 8.06. The van der Waals surface area contributed by atoms with Crippen LogP contribution in [0.2, 0.25) is 0 Å². The minimum atomic E-state index is 1.22.